The average Bonchev–Trinajstić information content (AvgIpc) is 3.38. The Morgan fingerprint density at radius 1 is 0.973 bits per heavy atom. The van der Waals surface area contributed by atoms with Gasteiger partial charge in [0.05, 0.1) is 19.1 Å². The molecule has 2 aliphatic rings. The first kappa shape index (κ1) is 25.1. The fraction of sp³-hybridized carbons (Fsp3) is 0.385. The van der Waals surface area contributed by atoms with Gasteiger partial charge in [0, 0.05) is 37.7 Å². The SMILES string of the molecule is O=C(N1CCOCC1)N1CC(c2ccc(OC(F)(F)F)cc2)CC(c2nc(-c3ccccc3F)co2)C1. The van der Waals surface area contributed by atoms with Crippen molar-refractivity contribution < 1.29 is 36.2 Å². The highest BCUT2D eigenvalue weighted by molar-refractivity contribution is 5.75. The molecule has 3 heterocycles. The number of urea groups is 1. The summed E-state index contributed by atoms with van der Waals surface area (Å²) in [5, 5.41) is 0. The summed E-state index contributed by atoms with van der Waals surface area (Å²) < 4.78 is 67.1. The molecule has 0 spiro atoms. The van der Waals surface area contributed by atoms with Crippen molar-refractivity contribution in [3.63, 3.8) is 0 Å². The van der Waals surface area contributed by atoms with Gasteiger partial charge >= 0.3 is 12.4 Å². The number of ether oxygens (including phenoxy) is 2. The maximum Gasteiger partial charge on any atom is 0.573 e. The molecule has 5 rings (SSSR count). The lowest BCUT2D eigenvalue weighted by molar-refractivity contribution is -0.274. The Morgan fingerprint density at radius 3 is 2.38 bits per heavy atom. The number of hydrogen-bond donors (Lipinski definition) is 0. The van der Waals surface area contributed by atoms with Crippen molar-refractivity contribution in [2.24, 2.45) is 0 Å². The first-order chi connectivity index (χ1) is 17.8. The number of piperidine rings is 1. The predicted molar refractivity (Wildman–Crippen MR) is 124 cm³/mol. The van der Waals surface area contributed by atoms with Gasteiger partial charge in [0.25, 0.3) is 0 Å². The van der Waals surface area contributed by atoms with E-state index in [1.807, 2.05) is 0 Å². The molecule has 3 aromatic rings. The summed E-state index contributed by atoms with van der Waals surface area (Å²) in [5.74, 6) is -0.844. The van der Waals surface area contributed by atoms with Crippen LogP contribution in [0.4, 0.5) is 22.4 Å². The third-order valence-corrected chi connectivity index (χ3v) is 6.61. The van der Waals surface area contributed by atoms with E-state index < -0.39 is 12.2 Å². The van der Waals surface area contributed by atoms with Crippen LogP contribution in [0.1, 0.15) is 29.7 Å². The number of alkyl halides is 3. The molecule has 2 aliphatic heterocycles. The number of oxazole rings is 1. The summed E-state index contributed by atoms with van der Waals surface area (Å²) in [7, 11) is 0. The molecule has 37 heavy (non-hydrogen) atoms. The Morgan fingerprint density at radius 2 is 1.68 bits per heavy atom. The quantitative estimate of drug-likeness (QED) is 0.432. The number of carbonyl (C=O) groups is 1. The summed E-state index contributed by atoms with van der Waals surface area (Å²) >= 11 is 0. The third-order valence-electron chi connectivity index (χ3n) is 6.61. The van der Waals surface area contributed by atoms with Crippen LogP contribution in [-0.2, 0) is 4.74 Å². The van der Waals surface area contributed by atoms with Gasteiger partial charge < -0.3 is 23.7 Å². The Labute approximate surface area is 210 Å². The Hall–Kier alpha value is -3.60. The molecule has 1 aromatic heterocycles. The fourth-order valence-corrected chi connectivity index (χ4v) is 4.84. The van der Waals surface area contributed by atoms with Gasteiger partial charge in [-0.3, -0.25) is 0 Å². The maximum atomic E-state index is 14.3. The molecular formula is C26H25F4N3O4. The van der Waals surface area contributed by atoms with Crippen molar-refractivity contribution >= 4 is 6.03 Å². The average molecular weight is 519 g/mol. The zero-order valence-corrected chi connectivity index (χ0v) is 19.8. The summed E-state index contributed by atoms with van der Waals surface area (Å²) in [5.41, 5.74) is 1.43. The number of nitrogens with zero attached hydrogens (tertiary/aromatic N) is 3. The van der Waals surface area contributed by atoms with E-state index in [1.165, 1.54) is 24.5 Å². The summed E-state index contributed by atoms with van der Waals surface area (Å²) in [6, 6.07) is 11.8. The zero-order chi connectivity index (χ0) is 26.0. The number of benzene rings is 2. The maximum absolute atomic E-state index is 14.3. The minimum absolute atomic E-state index is 0.143. The molecule has 0 bridgehead atoms. The highest BCUT2D eigenvalue weighted by atomic mass is 19.4. The second-order valence-corrected chi connectivity index (χ2v) is 9.08. The first-order valence-electron chi connectivity index (χ1n) is 11.9. The van der Waals surface area contributed by atoms with Crippen LogP contribution in [0.3, 0.4) is 0 Å². The molecule has 0 aliphatic carbocycles. The highest BCUT2D eigenvalue weighted by Gasteiger charge is 2.36. The molecule has 0 saturated carbocycles. The van der Waals surface area contributed by atoms with Crippen LogP contribution < -0.4 is 4.74 Å². The number of hydrogen-bond acceptors (Lipinski definition) is 5. The van der Waals surface area contributed by atoms with E-state index in [4.69, 9.17) is 9.15 Å². The first-order valence-corrected chi connectivity index (χ1v) is 11.9. The summed E-state index contributed by atoms with van der Waals surface area (Å²) in [6.45, 7) is 2.60. The van der Waals surface area contributed by atoms with E-state index in [1.54, 1.807) is 40.1 Å². The molecule has 11 heteroatoms. The van der Waals surface area contributed by atoms with Crippen molar-refractivity contribution in [1.82, 2.24) is 14.8 Å². The van der Waals surface area contributed by atoms with Gasteiger partial charge in [-0.15, -0.1) is 13.2 Å². The predicted octanol–water partition coefficient (Wildman–Crippen LogP) is 5.40. The highest BCUT2D eigenvalue weighted by Crippen LogP contribution is 2.38. The molecular weight excluding hydrogens is 494 g/mol. The largest absolute Gasteiger partial charge is 0.573 e. The van der Waals surface area contributed by atoms with Crippen LogP contribution in [0.15, 0.2) is 59.2 Å². The van der Waals surface area contributed by atoms with Crippen LogP contribution in [0, 0.1) is 5.82 Å². The second kappa shape index (κ2) is 10.4. The van der Waals surface area contributed by atoms with Crippen LogP contribution in [0.2, 0.25) is 0 Å². The van der Waals surface area contributed by atoms with Crippen molar-refractivity contribution in [3.8, 4) is 17.0 Å². The van der Waals surface area contributed by atoms with E-state index in [-0.39, 0.29) is 23.6 Å². The lowest BCUT2D eigenvalue weighted by Gasteiger charge is -2.40. The van der Waals surface area contributed by atoms with Crippen molar-refractivity contribution in [2.45, 2.75) is 24.6 Å². The van der Waals surface area contributed by atoms with E-state index in [9.17, 15) is 22.4 Å². The summed E-state index contributed by atoms with van der Waals surface area (Å²) in [4.78, 5) is 21.3. The van der Waals surface area contributed by atoms with E-state index in [0.717, 1.165) is 5.56 Å². The van der Waals surface area contributed by atoms with Crippen LogP contribution in [0.5, 0.6) is 5.75 Å². The Kier molecular flexibility index (Phi) is 7.05. The smallest absolute Gasteiger partial charge is 0.448 e. The van der Waals surface area contributed by atoms with E-state index >= 15 is 0 Å². The Balaban J connectivity index is 1.40. The third kappa shape index (κ3) is 5.87. The van der Waals surface area contributed by atoms with Gasteiger partial charge in [-0.2, -0.15) is 0 Å². The molecule has 7 nitrogen and oxygen atoms in total. The number of amides is 2. The lowest BCUT2D eigenvalue weighted by Crippen LogP contribution is -2.52. The topological polar surface area (TPSA) is 68.0 Å². The van der Waals surface area contributed by atoms with Crippen LogP contribution in [0.25, 0.3) is 11.3 Å². The van der Waals surface area contributed by atoms with Gasteiger partial charge in [0.1, 0.15) is 23.5 Å². The van der Waals surface area contributed by atoms with Crippen LogP contribution in [-0.4, -0.2) is 66.6 Å². The van der Waals surface area contributed by atoms with Crippen molar-refractivity contribution in [3.05, 3.63) is 72.1 Å². The van der Waals surface area contributed by atoms with Crippen LogP contribution >= 0.6 is 0 Å². The number of likely N-dealkylation sites (tertiary alicyclic amines) is 1. The molecule has 2 atom stereocenters. The van der Waals surface area contributed by atoms with E-state index in [2.05, 4.69) is 9.72 Å². The fourth-order valence-electron chi connectivity index (χ4n) is 4.84. The minimum atomic E-state index is -4.78. The molecule has 196 valence electrons. The van der Waals surface area contributed by atoms with Gasteiger partial charge in [-0.25, -0.2) is 14.2 Å². The summed E-state index contributed by atoms with van der Waals surface area (Å²) in [6.07, 6.45) is -2.84. The molecule has 2 unspecified atom stereocenters. The molecule has 2 amide bonds. The van der Waals surface area contributed by atoms with Gasteiger partial charge in [-0.1, -0.05) is 24.3 Å². The monoisotopic (exact) mass is 519 g/mol. The van der Waals surface area contributed by atoms with Gasteiger partial charge in [0.2, 0.25) is 0 Å². The number of halogens is 4. The molecule has 0 radical (unpaired) electrons. The number of aromatic nitrogens is 1. The number of carbonyl (C=O) groups excluding carboxylic acids is 1. The Bertz CT molecular complexity index is 1230. The molecule has 2 fully saturated rings. The second-order valence-electron chi connectivity index (χ2n) is 9.08. The number of rotatable bonds is 4. The normalized spacial score (nSPS) is 20.6. The molecule has 2 saturated heterocycles. The number of morpholine rings is 1. The molecule has 0 N–H and O–H groups in total. The lowest BCUT2D eigenvalue weighted by atomic mass is 9.84. The van der Waals surface area contributed by atoms with Gasteiger partial charge in [-0.05, 0) is 36.2 Å². The minimum Gasteiger partial charge on any atom is -0.448 e. The molecule has 2 aromatic carbocycles. The van der Waals surface area contributed by atoms with Crippen molar-refractivity contribution in [2.75, 3.05) is 39.4 Å². The van der Waals surface area contributed by atoms with E-state index in [0.29, 0.717) is 63.0 Å². The zero-order valence-electron chi connectivity index (χ0n) is 19.8. The standard InChI is InChI=1S/C26H25F4N3O4/c27-22-4-2-1-3-21(22)23-16-36-24(31-23)19-13-18(17-5-7-20(8-6-17)37-26(28,29)30)14-33(15-19)25(34)32-9-11-35-12-10-32/h1-8,16,18-19H,9-15H2. The van der Waals surface area contributed by atoms with Crippen molar-refractivity contribution in [1.29, 1.82) is 0 Å². The van der Waals surface area contributed by atoms with Gasteiger partial charge in [0.15, 0.2) is 5.89 Å².